The number of anilines is 1. The Balaban J connectivity index is 1.73. The van der Waals surface area contributed by atoms with Crippen LogP contribution in [-0.2, 0) is 9.53 Å². The molecule has 1 aliphatic rings. The van der Waals surface area contributed by atoms with E-state index in [4.69, 9.17) is 4.74 Å². The summed E-state index contributed by atoms with van der Waals surface area (Å²) in [5.74, 6) is -0.995. The lowest BCUT2D eigenvalue weighted by Gasteiger charge is -2.19. The van der Waals surface area contributed by atoms with Crippen LogP contribution in [0.4, 0.5) is 11.5 Å². The number of carbonyl (C=O) groups is 2. The van der Waals surface area contributed by atoms with Gasteiger partial charge in [0, 0.05) is 23.9 Å². The fraction of sp³-hybridized carbons (Fsp3) is 0.381. The summed E-state index contributed by atoms with van der Waals surface area (Å²) < 4.78 is 7.01. The maximum Gasteiger partial charge on any atom is 0.338 e. The first-order chi connectivity index (χ1) is 14.3. The standard InChI is InChI=1S/C21H22N4O5/c1-13-14(2)24(16-7-3-4-8-16)20(18(13)11-22)23-19(26)12-30-21(27)15-6-5-9-17(10-15)25(28)29/h5-6,9-10,16H,3-4,7-8,12H2,1-2H3,(H,23,26). The molecule has 1 aromatic heterocycles. The van der Waals surface area contributed by atoms with Gasteiger partial charge in [-0.2, -0.15) is 5.26 Å². The van der Waals surface area contributed by atoms with Gasteiger partial charge in [-0.25, -0.2) is 4.79 Å². The highest BCUT2D eigenvalue weighted by atomic mass is 16.6. The van der Waals surface area contributed by atoms with Crippen LogP contribution in [0.15, 0.2) is 24.3 Å². The molecule has 0 bridgehead atoms. The number of hydrogen-bond donors (Lipinski definition) is 1. The third-order valence-electron chi connectivity index (χ3n) is 5.44. The molecule has 2 aromatic rings. The maximum absolute atomic E-state index is 12.5. The summed E-state index contributed by atoms with van der Waals surface area (Å²) in [4.78, 5) is 34.8. The zero-order chi connectivity index (χ0) is 21.8. The second-order valence-corrected chi connectivity index (χ2v) is 7.29. The summed E-state index contributed by atoms with van der Waals surface area (Å²) in [7, 11) is 0. The molecule has 1 amide bonds. The lowest BCUT2D eigenvalue weighted by molar-refractivity contribution is -0.384. The lowest BCUT2D eigenvalue weighted by Crippen LogP contribution is -2.24. The van der Waals surface area contributed by atoms with Crippen molar-refractivity contribution >= 4 is 23.4 Å². The number of ether oxygens (including phenoxy) is 1. The number of aromatic nitrogens is 1. The molecule has 1 aliphatic carbocycles. The molecule has 0 atom stereocenters. The number of esters is 1. The predicted molar refractivity (Wildman–Crippen MR) is 108 cm³/mol. The SMILES string of the molecule is Cc1c(C#N)c(NC(=O)COC(=O)c2cccc([N+](=O)[O-])c2)n(C2CCCC2)c1C. The van der Waals surface area contributed by atoms with Crippen molar-refractivity contribution in [2.45, 2.75) is 45.6 Å². The molecule has 1 fully saturated rings. The molecule has 0 spiro atoms. The van der Waals surface area contributed by atoms with E-state index in [1.807, 2.05) is 18.4 Å². The summed E-state index contributed by atoms with van der Waals surface area (Å²) in [5.41, 5.74) is 1.89. The average Bonchev–Trinajstić information content (AvgIpc) is 3.33. The predicted octanol–water partition coefficient (Wildman–Crippen LogP) is 3.80. The molecule has 1 aromatic carbocycles. The van der Waals surface area contributed by atoms with E-state index in [1.54, 1.807) is 0 Å². The van der Waals surface area contributed by atoms with Crippen LogP contribution in [0.3, 0.4) is 0 Å². The molecule has 0 aliphatic heterocycles. The van der Waals surface area contributed by atoms with Crippen molar-refractivity contribution in [1.29, 1.82) is 5.26 Å². The highest BCUT2D eigenvalue weighted by Crippen LogP contribution is 2.37. The Hall–Kier alpha value is -3.67. The van der Waals surface area contributed by atoms with Crippen LogP contribution in [0.2, 0.25) is 0 Å². The Morgan fingerprint density at radius 1 is 1.33 bits per heavy atom. The lowest BCUT2D eigenvalue weighted by atomic mass is 10.2. The highest BCUT2D eigenvalue weighted by molar-refractivity contribution is 5.96. The monoisotopic (exact) mass is 410 g/mol. The van der Waals surface area contributed by atoms with Crippen molar-refractivity contribution < 1.29 is 19.2 Å². The largest absolute Gasteiger partial charge is 0.452 e. The first-order valence-electron chi connectivity index (χ1n) is 9.66. The number of nitriles is 1. The Labute approximate surface area is 173 Å². The summed E-state index contributed by atoms with van der Waals surface area (Å²) in [5, 5.41) is 23.1. The fourth-order valence-electron chi connectivity index (χ4n) is 3.83. The Morgan fingerprint density at radius 2 is 2.03 bits per heavy atom. The van der Waals surface area contributed by atoms with Crippen molar-refractivity contribution in [2.75, 3.05) is 11.9 Å². The van der Waals surface area contributed by atoms with Crippen LogP contribution in [0, 0.1) is 35.3 Å². The van der Waals surface area contributed by atoms with Gasteiger partial charge >= 0.3 is 5.97 Å². The highest BCUT2D eigenvalue weighted by Gasteiger charge is 2.27. The van der Waals surface area contributed by atoms with Gasteiger partial charge in [0.1, 0.15) is 11.9 Å². The minimum Gasteiger partial charge on any atom is -0.452 e. The number of hydrogen-bond acceptors (Lipinski definition) is 6. The van der Waals surface area contributed by atoms with Gasteiger partial charge in [0.2, 0.25) is 0 Å². The number of carbonyl (C=O) groups excluding carboxylic acids is 2. The molecule has 9 nitrogen and oxygen atoms in total. The number of nitro groups is 1. The number of nitro benzene ring substituents is 1. The van der Waals surface area contributed by atoms with Gasteiger partial charge < -0.3 is 14.6 Å². The first-order valence-corrected chi connectivity index (χ1v) is 9.66. The van der Waals surface area contributed by atoms with E-state index in [-0.39, 0.29) is 17.3 Å². The van der Waals surface area contributed by atoms with Crippen molar-refractivity contribution in [3.05, 3.63) is 56.8 Å². The molecule has 0 unspecified atom stereocenters. The molecule has 1 saturated carbocycles. The van der Waals surface area contributed by atoms with Crippen LogP contribution in [0.1, 0.15) is 58.9 Å². The topological polar surface area (TPSA) is 127 Å². The van der Waals surface area contributed by atoms with Crippen molar-refractivity contribution in [2.24, 2.45) is 0 Å². The van der Waals surface area contributed by atoms with Gasteiger partial charge in [-0.3, -0.25) is 14.9 Å². The van der Waals surface area contributed by atoms with E-state index in [9.17, 15) is 25.0 Å². The van der Waals surface area contributed by atoms with Crippen LogP contribution >= 0.6 is 0 Å². The van der Waals surface area contributed by atoms with Gasteiger partial charge in [-0.05, 0) is 38.3 Å². The van der Waals surface area contributed by atoms with E-state index >= 15 is 0 Å². The summed E-state index contributed by atoms with van der Waals surface area (Å²) >= 11 is 0. The average molecular weight is 410 g/mol. The number of amides is 1. The number of nitrogens with one attached hydrogen (secondary N) is 1. The Bertz CT molecular complexity index is 1040. The number of rotatable bonds is 6. The van der Waals surface area contributed by atoms with Gasteiger partial charge in [-0.1, -0.05) is 18.9 Å². The van der Waals surface area contributed by atoms with E-state index in [0.29, 0.717) is 11.4 Å². The minimum atomic E-state index is -0.840. The van der Waals surface area contributed by atoms with Gasteiger partial charge in [0.15, 0.2) is 6.61 Å². The quantitative estimate of drug-likeness (QED) is 0.438. The van der Waals surface area contributed by atoms with E-state index in [0.717, 1.165) is 43.0 Å². The smallest absolute Gasteiger partial charge is 0.338 e. The van der Waals surface area contributed by atoms with E-state index in [1.165, 1.54) is 18.2 Å². The normalized spacial score (nSPS) is 13.6. The molecule has 1 N–H and O–H groups in total. The zero-order valence-electron chi connectivity index (χ0n) is 16.8. The Kier molecular flexibility index (Phi) is 6.16. The van der Waals surface area contributed by atoms with Gasteiger partial charge in [-0.15, -0.1) is 0 Å². The van der Waals surface area contributed by atoms with Crippen molar-refractivity contribution in [1.82, 2.24) is 4.57 Å². The summed E-state index contributed by atoms with van der Waals surface area (Å²) in [6.07, 6.45) is 4.14. The summed E-state index contributed by atoms with van der Waals surface area (Å²) in [6.45, 7) is 3.20. The molecule has 156 valence electrons. The molecule has 0 saturated heterocycles. The number of non-ortho nitro benzene ring substituents is 1. The van der Waals surface area contributed by atoms with E-state index in [2.05, 4.69) is 11.4 Å². The second-order valence-electron chi connectivity index (χ2n) is 7.29. The Morgan fingerprint density at radius 3 is 2.67 bits per heavy atom. The van der Waals surface area contributed by atoms with Crippen molar-refractivity contribution in [3.63, 3.8) is 0 Å². The molecular weight excluding hydrogens is 388 g/mol. The molecule has 3 rings (SSSR count). The minimum absolute atomic E-state index is 0.0178. The van der Waals surface area contributed by atoms with Crippen LogP contribution in [0.25, 0.3) is 0 Å². The summed E-state index contributed by atoms with van der Waals surface area (Å²) in [6, 6.07) is 7.46. The van der Waals surface area contributed by atoms with Crippen LogP contribution in [-0.4, -0.2) is 28.0 Å². The van der Waals surface area contributed by atoms with Gasteiger partial charge in [0.05, 0.1) is 16.1 Å². The number of benzene rings is 1. The van der Waals surface area contributed by atoms with Crippen LogP contribution in [0.5, 0.6) is 0 Å². The van der Waals surface area contributed by atoms with E-state index < -0.39 is 23.4 Å². The maximum atomic E-state index is 12.5. The molecule has 9 heteroatoms. The number of nitrogens with zero attached hydrogens (tertiary/aromatic N) is 3. The van der Waals surface area contributed by atoms with Gasteiger partial charge in [0.25, 0.3) is 11.6 Å². The molecule has 30 heavy (non-hydrogen) atoms. The first kappa shape index (κ1) is 21.0. The fourth-order valence-corrected chi connectivity index (χ4v) is 3.83. The van der Waals surface area contributed by atoms with Crippen LogP contribution < -0.4 is 5.32 Å². The molecule has 0 radical (unpaired) electrons. The van der Waals surface area contributed by atoms with Crippen molar-refractivity contribution in [3.8, 4) is 6.07 Å². The molecule has 1 heterocycles. The zero-order valence-corrected chi connectivity index (χ0v) is 16.8. The molecular formula is C21H22N4O5. The second kappa shape index (κ2) is 8.78. The third-order valence-corrected chi connectivity index (χ3v) is 5.44. The third kappa shape index (κ3) is 4.17.